The van der Waals surface area contributed by atoms with Crippen molar-refractivity contribution in [3.63, 3.8) is 0 Å². The number of phosphoric ester groups is 1. The SMILES string of the molecule is CCCCC/C=C\C/C=C\CCCCCCCCCC(=O)OC[C@H](COP(=O)(O)OC1[C@H](O)[C@H](O)C(O)[C@H](O)[C@H]1O)OC(=O)CCCCCCC[C@H](O)[C@@H](O)C/C=C\CCCCC. The maximum absolute atomic E-state index is 12.8. The molecule has 10 atom stereocenters. The number of esters is 2. The van der Waals surface area contributed by atoms with Crippen LogP contribution in [0.4, 0.5) is 0 Å². The Morgan fingerprint density at radius 1 is 0.556 bits per heavy atom. The summed E-state index contributed by atoms with van der Waals surface area (Å²) in [5.41, 5.74) is 0. The van der Waals surface area contributed by atoms with Gasteiger partial charge in [-0.1, -0.05) is 134 Å². The molecule has 16 heteroatoms. The van der Waals surface area contributed by atoms with E-state index in [1.54, 1.807) is 0 Å². The fourth-order valence-electron chi connectivity index (χ4n) is 7.10. The Bertz CT molecular complexity index is 1280. The second-order valence-corrected chi connectivity index (χ2v) is 18.3. The minimum absolute atomic E-state index is 0.00419. The summed E-state index contributed by atoms with van der Waals surface area (Å²) in [6.45, 7) is 3.08. The summed E-state index contributed by atoms with van der Waals surface area (Å²) >= 11 is 0. The number of aliphatic hydroxyl groups excluding tert-OH is 7. The van der Waals surface area contributed by atoms with Gasteiger partial charge in [0.05, 0.1) is 18.8 Å². The van der Waals surface area contributed by atoms with Gasteiger partial charge in [-0.2, -0.15) is 0 Å². The number of hydrogen-bond donors (Lipinski definition) is 8. The quantitative estimate of drug-likeness (QED) is 0.0130. The fraction of sp³-hybridized carbons (Fsp3) is 0.830. The molecule has 1 saturated carbocycles. The standard InChI is InChI=1S/C47H85O15P/c1-3-5-7-9-11-12-13-14-15-16-17-18-19-20-21-25-29-33-40(50)59-35-37(36-60-63(57,58)62-47-45(55)43(53)42(52)44(54)46(47)56)61-41(51)34-30-26-22-24-28-32-39(49)38(48)31-27-23-10-8-6-4-2/h11-12,14-15,23,27,37-39,42-49,52-56H,3-10,13,16-22,24-26,28-36H2,1-2H3,(H,57,58)/b12-11-,15-14-,27-23-/t37-,38+,39+,42?,43-,44+,45-,46-,47?/m1/s1. The summed E-state index contributed by atoms with van der Waals surface area (Å²) in [6, 6.07) is 0. The lowest BCUT2D eigenvalue weighted by atomic mass is 9.85. The monoisotopic (exact) mass is 921 g/mol. The number of carbonyl (C=O) groups excluding carboxylic acids is 2. The van der Waals surface area contributed by atoms with Crippen molar-refractivity contribution in [1.29, 1.82) is 0 Å². The lowest BCUT2D eigenvalue weighted by molar-refractivity contribution is -0.220. The molecule has 0 spiro atoms. The largest absolute Gasteiger partial charge is 0.472 e. The van der Waals surface area contributed by atoms with Gasteiger partial charge in [0.15, 0.2) is 6.10 Å². The van der Waals surface area contributed by atoms with Gasteiger partial charge in [-0.3, -0.25) is 18.6 Å². The van der Waals surface area contributed by atoms with Crippen molar-refractivity contribution in [2.75, 3.05) is 13.2 Å². The number of ether oxygens (including phenoxy) is 2. The summed E-state index contributed by atoms with van der Waals surface area (Å²) in [6.07, 6.45) is 20.6. The van der Waals surface area contributed by atoms with E-state index in [2.05, 4.69) is 38.2 Å². The summed E-state index contributed by atoms with van der Waals surface area (Å²) < 4.78 is 33.5. The highest BCUT2D eigenvalue weighted by Gasteiger charge is 2.51. The highest BCUT2D eigenvalue weighted by atomic mass is 31.2. The number of allylic oxidation sites excluding steroid dienone is 5. The number of phosphoric acid groups is 1. The van der Waals surface area contributed by atoms with Crippen LogP contribution in [0.1, 0.15) is 181 Å². The predicted molar refractivity (Wildman–Crippen MR) is 242 cm³/mol. The van der Waals surface area contributed by atoms with E-state index in [9.17, 15) is 54.8 Å². The van der Waals surface area contributed by atoms with Gasteiger partial charge in [-0.25, -0.2) is 4.57 Å². The molecule has 1 rings (SSSR count). The third kappa shape index (κ3) is 29.3. The molecule has 0 aromatic carbocycles. The van der Waals surface area contributed by atoms with E-state index in [-0.39, 0.29) is 12.8 Å². The van der Waals surface area contributed by atoms with E-state index < -0.39 is 87.9 Å². The molecule has 0 aromatic heterocycles. The molecule has 1 fully saturated rings. The third-order valence-electron chi connectivity index (χ3n) is 11.2. The summed E-state index contributed by atoms with van der Waals surface area (Å²) in [5.74, 6) is -1.22. The summed E-state index contributed by atoms with van der Waals surface area (Å²) in [5, 5.41) is 70.7. The molecule has 15 nitrogen and oxygen atoms in total. The lowest BCUT2D eigenvalue weighted by Crippen LogP contribution is -2.64. The van der Waals surface area contributed by atoms with Crippen LogP contribution in [0, 0.1) is 0 Å². The molecule has 1 aliphatic carbocycles. The normalized spacial score (nSPS) is 23.0. The van der Waals surface area contributed by atoms with Crippen LogP contribution in [-0.4, -0.2) is 121 Å². The van der Waals surface area contributed by atoms with Crippen LogP contribution >= 0.6 is 7.82 Å². The van der Waals surface area contributed by atoms with E-state index in [0.29, 0.717) is 38.5 Å². The molecule has 3 unspecified atom stereocenters. The second-order valence-electron chi connectivity index (χ2n) is 16.9. The molecule has 0 aromatic rings. The van der Waals surface area contributed by atoms with Crippen LogP contribution < -0.4 is 0 Å². The minimum atomic E-state index is -5.16. The van der Waals surface area contributed by atoms with Gasteiger partial charge in [0.1, 0.15) is 43.2 Å². The number of unbranched alkanes of at least 4 members (excludes halogenated alkanes) is 17. The van der Waals surface area contributed by atoms with Crippen molar-refractivity contribution >= 4 is 19.8 Å². The molecule has 368 valence electrons. The molecular weight excluding hydrogens is 835 g/mol. The van der Waals surface area contributed by atoms with Crippen molar-refractivity contribution in [3.8, 4) is 0 Å². The first-order valence-electron chi connectivity index (χ1n) is 24.0. The number of hydrogen-bond acceptors (Lipinski definition) is 14. The highest BCUT2D eigenvalue weighted by Crippen LogP contribution is 2.47. The Morgan fingerprint density at radius 3 is 1.57 bits per heavy atom. The first-order chi connectivity index (χ1) is 30.2. The van der Waals surface area contributed by atoms with E-state index in [1.807, 2.05) is 12.2 Å². The maximum atomic E-state index is 12.8. The average Bonchev–Trinajstić information content (AvgIpc) is 3.26. The molecule has 0 saturated heterocycles. The zero-order chi connectivity index (χ0) is 46.7. The lowest BCUT2D eigenvalue weighted by Gasteiger charge is -2.41. The smallest absolute Gasteiger partial charge is 0.462 e. The van der Waals surface area contributed by atoms with Crippen LogP contribution in [0.3, 0.4) is 0 Å². The van der Waals surface area contributed by atoms with Gasteiger partial charge in [-0.05, 0) is 70.6 Å². The molecule has 0 aliphatic heterocycles. The van der Waals surface area contributed by atoms with Crippen LogP contribution in [-0.2, 0) is 32.7 Å². The fourth-order valence-corrected chi connectivity index (χ4v) is 8.08. The molecular formula is C47H85O15P. The zero-order valence-corrected chi connectivity index (χ0v) is 39.2. The van der Waals surface area contributed by atoms with Gasteiger partial charge in [0.25, 0.3) is 0 Å². The minimum Gasteiger partial charge on any atom is -0.462 e. The van der Waals surface area contributed by atoms with Crippen molar-refractivity contribution in [2.45, 2.75) is 236 Å². The Balaban J connectivity index is 2.50. The summed E-state index contributed by atoms with van der Waals surface area (Å²) in [7, 11) is -5.16. The molecule has 8 N–H and O–H groups in total. The van der Waals surface area contributed by atoms with E-state index in [1.165, 1.54) is 25.7 Å². The average molecular weight is 921 g/mol. The molecule has 0 bridgehead atoms. The van der Waals surface area contributed by atoms with Crippen LogP contribution in [0.5, 0.6) is 0 Å². The van der Waals surface area contributed by atoms with E-state index in [4.69, 9.17) is 18.5 Å². The number of aliphatic hydroxyl groups is 7. The molecule has 0 heterocycles. The van der Waals surface area contributed by atoms with Crippen LogP contribution in [0.2, 0.25) is 0 Å². The van der Waals surface area contributed by atoms with E-state index >= 15 is 0 Å². The molecule has 0 radical (unpaired) electrons. The molecule has 0 amide bonds. The van der Waals surface area contributed by atoms with Crippen molar-refractivity contribution in [2.24, 2.45) is 0 Å². The first kappa shape index (κ1) is 59.0. The second kappa shape index (κ2) is 37.1. The number of carbonyl (C=O) groups is 2. The van der Waals surface area contributed by atoms with E-state index in [0.717, 1.165) is 89.9 Å². The maximum Gasteiger partial charge on any atom is 0.472 e. The van der Waals surface area contributed by atoms with Crippen molar-refractivity contribution in [1.82, 2.24) is 0 Å². The topological polar surface area (TPSA) is 250 Å². The Hall–Kier alpha value is -2.01. The van der Waals surface area contributed by atoms with Crippen molar-refractivity contribution in [3.05, 3.63) is 36.5 Å². The Kier molecular flexibility index (Phi) is 34.8. The van der Waals surface area contributed by atoms with Gasteiger partial charge in [0.2, 0.25) is 0 Å². The Morgan fingerprint density at radius 2 is 1.02 bits per heavy atom. The first-order valence-corrected chi connectivity index (χ1v) is 25.5. The third-order valence-corrected chi connectivity index (χ3v) is 12.1. The number of rotatable bonds is 39. The summed E-state index contributed by atoms with van der Waals surface area (Å²) in [4.78, 5) is 35.8. The van der Waals surface area contributed by atoms with Crippen LogP contribution in [0.15, 0.2) is 36.5 Å². The zero-order valence-electron chi connectivity index (χ0n) is 38.3. The molecule has 63 heavy (non-hydrogen) atoms. The van der Waals surface area contributed by atoms with Crippen molar-refractivity contribution < 1.29 is 73.3 Å². The predicted octanol–water partition coefficient (Wildman–Crippen LogP) is 7.33. The molecule has 1 aliphatic rings. The van der Waals surface area contributed by atoms with Gasteiger partial charge in [-0.15, -0.1) is 0 Å². The Labute approximate surface area is 377 Å². The van der Waals surface area contributed by atoms with Gasteiger partial charge < -0.3 is 50.1 Å². The van der Waals surface area contributed by atoms with Gasteiger partial charge >= 0.3 is 19.8 Å². The van der Waals surface area contributed by atoms with Gasteiger partial charge in [0, 0.05) is 12.8 Å². The van der Waals surface area contributed by atoms with Crippen LogP contribution in [0.25, 0.3) is 0 Å². The highest BCUT2D eigenvalue weighted by molar-refractivity contribution is 7.47.